The molecule has 2 amide bonds. The van der Waals surface area contributed by atoms with Gasteiger partial charge in [0.05, 0.1) is 0 Å². The summed E-state index contributed by atoms with van der Waals surface area (Å²) in [5.41, 5.74) is 0. The smallest absolute Gasteiger partial charge is 0.260 e. The Hall–Kier alpha value is -2.56. The Morgan fingerprint density at radius 2 is 1.54 bits per heavy atom. The minimum absolute atomic E-state index is 0.0160. The first-order chi connectivity index (χ1) is 13.7. The van der Waals surface area contributed by atoms with Gasteiger partial charge >= 0.3 is 0 Å². The van der Waals surface area contributed by atoms with Gasteiger partial charge in [0.25, 0.3) is 5.91 Å². The molecule has 0 bridgehead atoms. The molecular formula is C23H28N2O3. The van der Waals surface area contributed by atoms with Crippen LogP contribution in [0.1, 0.15) is 32.1 Å². The highest BCUT2D eigenvalue weighted by Crippen LogP contribution is 2.26. The van der Waals surface area contributed by atoms with E-state index in [1.807, 2.05) is 52.3 Å². The minimum Gasteiger partial charge on any atom is -0.483 e. The number of amides is 2. The highest BCUT2D eigenvalue weighted by atomic mass is 16.5. The predicted molar refractivity (Wildman–Crippen MR) is 109 cm³/mol. The third kappa shape index (κ3) is 4.13. The van der Waals surface area contributed by atoms with Gasteiger partial charge in [0.1, 0.15) is 5.75 Å². The van der Waals surface area contributed by atoms with E-state index in [4.69, 9.17) is 4.74 Å². The molecule has 4 rings (SSSR count). The molecule has 5 heteroatoms. The van der Waals surface area contributed by atoms with Crippen LogP contribution in [0.15, 0.2) is 42.5 Å². The summed E-state index contributed by atoms with van der Waals surface area (Å²) in [6.07, 6.45) is 5.64. The summed E-state index contributed by atoms with van der Waals surface area (Å²) in [6.45, 7) is 2.49. The van der Waals surface area contributed by atoms with Crippen LogP contribution in [0.2, 0.25) is 0 Å². The van der Waals surface area contributed by atoms with E-state index in [1.54, 1.807) is 0 Å². The van der Waals surface area contributed by atoms with Crippen LogP contribution in [0.5, 0.6) is 5.75 Å². The Labute approximate surface area is 166 Å². The van der Waals surface area contributed by atoms with Crippen LogP contribution in [-0.4, -0.2) is 54.4 Å². The van der Waals surface area contributed by atoms with Crippen molar-refractivity contribution < 1.29 is 14.3 Å². The molecule has 0 N–H and O–H groups in total. The van der Waals surface area contributed by atoms with Gasteiger partial charge < -0.3 is 14.5 Å². The average Bonchev–Trinajstić information content (AvgIpc) is 2.77. The number of benzene rings is 2. The molecule has 1 heterocycles. The first-order valence-corrected chi connectivity index (χ1v) is 10.4. The van der Waals surface area contributed by atoms with Gasteiger partial charge in [-0.3, -0.25) is 9.59 Å². The molecule has 0 aromatic heterocycles. The van der Waals surface area contributed by atoms with E-state index >= 15 is 0 Å². The van der Waals surface area contributed by atoms with E-state index in [-0.39, 0.29) is 18.4 Å². The molecule has 1 saturated carbocycles. The van der Waals surface area contributed by atoms with Gasteiger partial charge in [0.15, 0.2) is 6.61 Å². The van der Waals surface area contributed by atoms with E-state index in [9.17, 15) is 9.59 Å². The molecule has 0 spiro atoms. The van der Waals surface area contributed by atoms with Crippen LogP contribution in [0.4, 0.5) is 0 Å². The third-order valence-electron chi connectivity index (χ3n) is 6.00. The van der Waals surface area contributed by atoms with E-state index in [0.29, 0.717) is 32.1 Å². The topological polar surface area (TPSA) is 49.9 Å². The molecule has 2 fully saturated rings. The molecule has 0 radical (unpaired) electrons. The molecular weight excluding hydrogens is 352 g/mol. The number of fused-ring (bicyclic) bond motifs is 1. The summed E-state index contributed by atoms with van der Waals surface area (Å²) in [4.78, 5) is 29.0. The molecule has 2 aliphatic rings. The van der Waals surface area contributed by atoms with Crippen molar-refractivity contribution in [3.8, 4) is 5.75 Å². The second-order valence-corrected chi connectivity index (χ2v) is 7.81. The zero-order chi connectivity index (χ0) is 19.3. The lowest BCUT2D eigenvalue weighted by Gasteiger charge is -2.37. The molecule has 2 aromatic carbocycles. The van der Waals surface area contributed by atoms with Gasteiger partial charge in [0.2, 0.25) is 5.91 Å². The maximum atomic E-state index is 12.7. The molecule has 0 atom stereocenters. The van der Waals surface area contributed by atoms with Crippen LogP contribution in [0.3, 0.4) is 0 Å². The first-order valence-electron chi connectivity index (χ1n) is 10.4. The normalized spacial score (nSPS) is 18.3. The van der Waals surface area contributed by atoms with E-state index < -0.39 is 0 Å². The Balaban J connectivity index is 1.29. The van der Waals surface area contributed by atoms with E-state index in [2.05, 4.69) is 0 Å². The summed E-state index contributed by atoms with van der Waals surface area (Å²) >= 11 is 0. The molecule has 2 aromatic rings. The summed E-state index contributed by atoms with van der Waals surface area (Å²) in [5, 5.41) is 2.11. The number of nitrogens with zero attached hydrogens (tertiary/aromatic N) is 2. The van der Waals surface area contributed by atoms with Crippen molar-refractivity contribution in [2.24, 2.45) is 5.92 Å². The molecule has 5 nitrogen and oxygen atoms in total. The fourth-order valence-electron chi connectivity index (χ4n) is 4.34. The third-order valence-corrected chi connectivity index (χ3v) is 6.00. The number of carbonyl (C=O) groups is 2. The van der Waals surface area contributed by atoms with Crippen molar-refractivity contribution in [3.05, 3.63) is 42.5 Å². The van der Waals surface area contributed by atoms with Crippen LogP contribution >= 0.6 is 0 Å². The van der Waals surface area contributed by atoms with Crippen molar-refractivity contribution in [1.82, 2.24) is 9.80 Å². The van der Waals surface area contributed by atoms with Crippen molar-refractivity contribution in [3.63, 3.8) is 0 Å². The molecule has 1 aliphatic heterocycles. The Bertz CT molecular complexity index is 831. The fraction of sp³-hybridized carbons (Fsp3) is 0.478. The molecule has 0 unspecified atom stereocenters. The Kier molecular flexibility index (Phi) is 5.79. The van der Waals surface area contributed by atoms with Crippen LogP contribution < -0.4 is 4.74 Å². The predicted octanol–water partition coefficient (Wildman–Crippen LogP) is 3.47. The van der Waals surface area contributed by atoms with Gasteiger partial charge in [-0.2, -0.15) is 0 Å². The zero-order valence-corrected chi connectivity index (χ0v) is 16.3. The number of piperazine rings is 1. The first kappa shape index (κ1) is 18.8. The molecule has 1 aliphatic carbocycles. The quantitative estimate of drug-likeness (QED) is 0.816. The summed E-state index contributed by atoms with van der Waals surface area (Å²) in [6, 6.07) is 13.9. The summed E-state index contributed by atoms with van der Waals surface area (Å²) in [5.74, 6) is 1.21. The summed E-state index contributed by atoms with van der Waals surface area (Å²) < 4.78 is 5.83. The Morgan fingerprint density at radius 1 is 0.857 bits per heavy atom. The SMILES string of the molecule is O=C(COc1cccc2ccccc12)N1CCN(C(=O)C2CCCCC2)CC1. The highest BCUT2D eigenvalue weighted by molar-refractivity contribution is 5.88. The monoisotopic (exact) mass is 380 g/mol. The van der Waals surface area contributed by atoms with Crippen molar-refractivity contribution in [2.75, 3.05) is 32.8 Å². The Morgan fingerprint density at radius 3 is 2.32 bits per heavy atom. The van der Waals surface area contributed by atoms with Crippen molar-refractivity contribution in [1.29, 1.82) is 0 Å². The van der Waals surface area contributed by atoms with Crippen molar-refractivity contribution >= 4 is 22.6 Å². The van der Waals surface area contributed by atoms with E-state index in [0.717, 1.165) is 29.4 Å². The number of ether oxygens (including phenoxy) is 1. The lowest BCUT2D eigenvalue weighted by molar-refractivity contribution is -0.143. The lowest BCUT2D eigenvalue weighted by atomic mass is 9.88. The summed E-state index contributed by atoms with van der Waals surface area (Å²) in [7, 11) is 0. The average molecular weight is 380 g/mol. The van der Waals surface area contributed by atoms with Gasteiger partial charge in [0, 0.05) is 37.5 Å². The fourth-order valence-corrected chi connectivity index (χ4v) is 4.34. The minimum atomic E-state index is -0.0160. The van der Waals surface area contributed by atoms with Crippen molar-refractivity contribution in [2.45, 2.75) is 32.1 Å². The molecule has 1 saturated heterocycles. The lowest BCUT2D eigenvalue weighted by Crippen LogP contribution is -2.53. The van der Waals surface area contributed by atoms with Gasteiger partial charge in [-0.25, -0.2) is 0 Å². The molecule has 28 heavy (non-hydrogen) atoms. The maximum absolute atomic E-state index is 12.7. The number of rotatable bonds is 4. The largest absolute Gasteiger partial charge is 0.483 e. The number of carbonyl (C=O) groups excluding carboxylic acids is 2. The zero-order valence-electron chi connectivity index (χ0n) is 16.3. The van der Waals surface area contributed by atoms with Crippen LogP contribution in [0, 0.1) is 5.92 Å². The second kappa shape index (κ2) is 8.63. The standard InChI is InChI=1S/C23H28N2O3/c26-22(17-28-21-12-6-10-18-7-4-5-11-20(18)21)24-13-15-25(16-14-24)23(27)19-8-2-1-3-9-19/h4-7,10-12,19H,1-3,8-9,13-17H2. The van der Waals surface area contributed by atoms with Gasteiger partial charge in [-0.15, -0.1) is 0 Å². The van der Waals surface area contributed by atoms with Crippen LogP contribution in [0.25, 0.3) is 10.8 Å². The van der Waals surface area contributed by atoms with Gasteiger partial charge in [-0.1, -0.05) is 55.7 Å². The highest BCUT2D eigenvalue weighted by Gasteiger charge is 2.29. The number of hydrogen-bond donors (Lipinski definition) is 0. The molecule has 148 valence electrons. The van der Waals surface area contributed by atoms with Crippen LogP contribution in [-0.2, 0) is 9.59 Å². The van der Waals surface area contributed by atoms with E-state index in [1.165, 1.54) is 19.3 Å². The second-order valence-electron chi connectivity index (χ2n) is 7.81. The van der Waals surface area contributed by atoms with Gasteiger partial charge in [-0.05, 0) is 24.3 Å². The number of hydrogen-bond acceptors (Lipinski definition) is 3. The maximum Gasteiger partial charge on any atom is 0.260 e.